The summed E-state index contributed by atoms with van der Waals surface area (Å²) in [5.41, 5.74) is 7.86. The zero-order chi connectivity index (χ0) is 15.2. The van der Waals surface area contributed by atoms with E-state index in [-0.39, 0.29) is 0 Å². The maximum Gasteiger partial charge on any atom is 0.327 e. The lowest BCUT2D eigenvalue weighted by molar-refractivity contribution is -0.875. The van der Waals surface area contributed by atoms with Crippen molar-refractivity contribution in [3.8, 4) is 0 Å². The van der Waals surface area contributed by atoms with Crippen LogP contribution in [0.3, 0.4) is 0 Å². The lowest BCUT2D eigenvalue weighted by Crippen LogP contribution is -3.09. The highest BCUT2D eigenvalue weighted by atomic mass is 16.2. The normalized spacial score (nSPS) is 17.6. The Morgan fingerprint density at radius 1 is 1.14 bits per heavy atom. The first kappa shape index (κ1) is 15.1. The van der Waals surface area contributed by atoms with Crippen LogP contribution in [0.15, 0.2) is 36.0 Å². The van der Waals surface area contributed by atoms with Gasteiger partial charge >= 0.3 is 11.8 Å². The summed E-state index contributed by atoms with van der Waals surface area (Å²) >= 11 is 0. The molecule has 2 rings (SSSR count). The van der Waals surface area contributed by atoms with Crippen LogP contribution in [0.25, 0.3) is 0 Å². The van der Waals surface area contributed by atoms with E-state index < -0.39 is 11.8 Å². The van der Waals surface area contributed by atoms with Gasteiger partial charge in [0.2, 0.25) is 0 Å². The predicted octanol–water partition coefficient (Wildman–Crippen LogP) is -0.643. The summed E-state index contributed by atoms with van der Waals surface area (Å²) in [7, 11) is 2.11. The fourth-order valence-corrected chi connectivity index (χ4v) is 1.98. The molecular weight excluding hydrogens is 268 g/mol. The minimum absolute atomic E-state index is 0.600. The maximum absolute atomic E-state index is 11.7. The molecule has 6 heteroatoms. The van der Waals surface area contributed by atoms with Gasteiger partial charge in [-0.1, -0.05) is 17.7 Å². The summed E-state index contributed by atoms with van der Waals surface area (Å²) in [5.74, 6) is -1.40. The van der Waals surface area contributed by atoms with Crippen LogP contribution in [0.2, 0.25) is 0 Å². The Labute approximate surface area is 124 Å². The van der Waals surface area contributed by atoms with Crippen molar-refractivity contribution in [2.45, 2.75) is 13.3 Å². The number of aryl methyl sites for hydroxylation is 1. The number of likely N-dealkylation sites (N-methyl/N-ethyl adjacent to an activating group) is 1. The molecule has 0 saturated carbocycles. The van der Waals surface area contributed by atoms with Crippen molar-refractivity contribution in [3.05, 3.63) is 41.6 Å². The van der Waals surface area contributed by atoms with Gasteiger partial charge in [-0.3, -0.25) is 15.0 Å². The number of anilines is 1. The van der Waals surface area contributed by atoms with Crippen molar-refractivity contribution in [2.75, 3.05) is 25.5 Å². The van der Waals surface area contributed by atoms with E-state index in [0.29, 0.717) is 5.69 Å². The average molecular weight is 289 g/mol. The van der Waals surface area contributed by atoms with Gasteiger partial charge in [0.25, 0.3) is 0 Å². The molecule has 1 aliphatic rings. The van der Waals surface area contributed by atoms with Gasteiger partial charge in [0.1, 0.15) is 0 Å². The first-order valence-electron chi connectivity index (χ1n) is 6.99. The highest BCUT2D eigenvalue weighted by molar-refractivity contribution is 6.39. The summed E-state index contributed by atoms with van der Waals surface area (Å²) in [6, 6.07) is 7.27. The Hall–Kier alpha value is -2.34. The Balaban J connectivity index is 1.80. The Kier molecular flexibility index (Phi) is 4.94. The second-order valence-corrected chi connectivity index (χ2v) is 5.29. The van der Waals surface area contributed by atoms with Crippen LogP contribution in [-0.2, 0) is 9.59 Å². The number of quaternary nitrogens is 1. The second-order valence-electron chi connectivity index (χ2n) is 5.29. The van der Waals surface area contributed by atoms with E-state index in [9.17, 15) is 9.59 Å². The molecule has 0 aliphatic carbocycles. The van der Waals surface area contributed by atoms with Gasteiger partial charge in [-0.25, -0.2) is 0 Å². The molecule has 0 radical (unpaired) electrons. The molecule has 0 aromatic heterocycles. The Morgan fingerprint density at radius 3 is 2.48 bits per heavy atom. The fraction of sp³-hybridized carbons (Fsp3) is 0.333. The van der Waals surface area contributed by atoms with Gasteiger partial charge in [0, 0.05) is 17.8 Å². The van der Waals surface area contributed by atoms with E-state index in [0.717, 1.165) is 30.8 Å². The molecular formula is C15H21N4O2+. The van der Waals surface area contributed by atoms with E-state index in [2.05, 4.69) is 23.2 Å². The van der Waals surface area contributed by atoms with E-state index in [4.69, 9.17) is 0 Å². The standard InChI is InChI=1S/C15H20N4O2/c1-11-3-5-12(6-4-11)16-14(20)15(21)18-17-13-7-9-19(2)10-8-13/h3-7,17H,8-10H2,1-2H3,(H,16,20)(H,18,21)/p+1. The van der Waals surface area contributed by atoms with Gasteiger partial charge < -0.3 is 15.6 Å². The van der Waals surface area contributed by atoms with Crippen molar-refractivity contribution in [2.24, 2.45) is 0 Å². The molecule has 112 valence electrons. The van der Waals surface area contributed by atoms with Gasteiger partial charge in [0.05, 0.1) is 20.1 Å². The molecule has 21 heavy (non-hydrogen) atoms. The van der Waals surface area contributed by atoms with Crippen LogP contribution >= 0.6 is 0 Å². The van der Waals surface area contributed by atoms with Gasteiger partial charge in [0.15, 0.2) is 0 Å². The van der Waals surface area contributed by atoms with E-state index in [1.54, 1.807) is 12.1 Å². The monoisotopic (exact) mass is 289 g/mol. The van der Waals surface area contributed by atoms with Crippen molar-refractivity contribution < 1.29 is 14.5 Å². The molecule has 1 aliphatic heterocycles. The zero-order valence-corrected chi connectivity index (χ0v) is 12.3. The van der Waals surface area contributed by atoms with Gasteiger partial charge in [-0.15, -0.1) is 0 Å². The molecule has 0 spiro atoms. The minimum Gasteiger partial charge on any atom is -0.334 e. The first-order valence-corrected chi connectivity index (χ1v) is 6.99. The highest BCUT2D eigenvalue weighted by Gasteiger charge is 2.15. The number of hydrazine groups is 1. The first-order chi connectivity index (χ1) is 10.0. The van der Waals surface area contributed by atoms with Crippen LogP contribution in [0.4, 0.5) is 5.69 Å². The number of rotatable bonds is 3. The third-order valence-electron chi connectivity index (χ3n) is 3.37. The van der Waals surface area contributed by atoms with E-state index >= 15 is 0 Å². The SMILES string of the molecule is Cc1ccc(NC(=O)C(=O)NNC2=CC[NH+](C)CC2)cc1. The topological polar surface area (TPSA) is 74.7 Å². The molecule has 1 unspecified atom stereocenters. The van der Waals surface area contributed by atoms with Crippen LogP contribution in [-0.4, -0.2) is 32.0 Å². The number of nitrogens with one attached hydrogen (secondary N) is 4. The summed E-state index contributed by atoms with van der Waals surface area (Å²) in [5, 5.41) is 2.55. The minimum atomic E-state index is -0.706. The maximum atomic E-state index is 11.7. The van der Waals surface area contributed by atoms with Crippen LogP contribution in [0.5, 0.6) is 0 Å². The molecule has 6 nitrogen and oxygen atoms in total. The number of hydrogen-bond acceptors (Lipinski definition) is 3. The predicted molar refractivity (Wildman–Crippen MR) is 80.4 cm³/mol. The van der Waals surface area contributed by atoms with Gasteiger partial charge in [-0.2, -0.15) is 0 Å². The molecule has 0 saturated heterocycles. The molecule has 0 fully saturated rings. The summed E-state index contributed by atoms with van der Waals surface area (Å²) in [4.78, 5) is 24.9. The molecule has 2 amide bonds. The third-order valence-corrected chi connectivity index (χ3v) is 3.37. The quantitative estimate of drug-likeness (QED) is 0.442. The lowest BCUT2D eigenvalue weighted by Gasteiger charge is -2.20. The molecule has 0 bridgehead atoms. The smallest absolute Gasteiger partial charge is 0.327 e. The summed E-state index contributed by atoms with van der Waals surface area (Å²) in [6.45, 7) is 3.87. The zero-order valence-electron chi connectivity index (χ0n) is 12.3. The van der Waals surface area contributed by atoms with Crippen molar-refractivity contribution in [1.29, 1.82) is 0 Å². The van der Waals surface area contributed by atoms with Crippen LogP contribution in [0, 0.1) is 6.92 Å². The largest absolute Gasteiger partial charge is 0.334 e. The van der Waals surface area contributed by atoms with Crippen LogP contribution in [0.1, 0.15) is 12.0 Å². The highest BCUT2D eigenvalue weighted by Crippen LogP contribution is 2.08. The van der Waals surface area contributed by atoms with Crippen LogP contribution < -0.4 is 21.1 Å². The second kappa shape index (κ2) is 6.90. The molecule has 1 heterocycles. The number of amides is 2. The molecule has 1 atom stereocenters. The molecule has 4 N–H and O–H groups in total. The number of carbonyl (C=O) groups excluding carboxylic acids is 2. The lowest BCUT2D eigenvalue weighted by atomic mass is 10.2. The average Bonchev–Trinajstić information content (AvgIpc) is 2.48. The number of benzene rings is 1. The Bertz CT molecular complexity index is 551. The molecule has 1 aromatic rings. The summed E-state index contributed by atoms with van der Waals surface area (Å²) in [6.07, 6.45) is 2.88. The van der Waals surface area contributed by atoms with Crippen molar-refractivity contribution >= 4 is 17.5 Å². The van der Waals surface area contributed by atoms with Gasteiger partial charge in [-0.05, 0) is 25.1 Å². The Morgan fingerprint density at radius 2 is 1.86 bits per heavy atom. The summed E-state index contributed by atoms with van der Waals surface area (Å²) < 4.78 is 0. The van der Waals surface area contributed by atoms with Crippen molar-refractivity contribution in [1.82, 2.24) is 10.9 Å². The molecule has 1 aromatic carbocycles. The number of hydrogen-bond donors (Lipinski definition) is 4. The van der Waals surface area contributed by atoms with E-state index in [1.807, 2.05) is 25.1 Å². The number of carbonyl (C=O) groups is 2. The van der Waals surface area contributed by atoms with E-state index in [1.165, 1.54) is 4.90 Å². The third kappa shape index (κ3) is 4.61. The fourth-order valence-electron chi connectivity index (χ4n) is 1.98. The van der Waals surface area contributed by atoms with Crippen molar-refractivity contribution in [3.63, 3.8) is 0 Å².